The minimum absolute atomic E-state index is 0.0751. The highest BCUT2D eigenvalue weighted by Crippen LogP contribution is 2.56. The number of carbonyl (C=O) groups is 1. The summed E-state index contributed by atoms with van der Waals surface area (Å²) in [5.41, 5.74) is -29.9. The van der Waals surface area contributed by atoms with Crippen molar-refractivity contribution >= 4 is 62.6 Å². The molecule has 4 nitrogen and oxygen atoms in total. The summed E-state index contributed by atoms with van der Waals surface area (Å²) in [6.07, 6.45) is -54.5. The van der Waals surface area contributed by atoms with Crippen molar-refractivity contribution < 1.29 is 115 Å². The number of carbonyl (C=O) groups excluding carboxylic acids is 1. The summed E-state index contributed by atoms with van der Waals surface area (Å²) >= 11 is 0. The number of nitrogens with zero attached hydrogens (tertiary/aromatic N) is 1. The second-order valence-electron chi connectivity index (χ2n) is 19.4. The van der Waals surface area contributed by atoms with Crippen LogP contribution in [0.3, 0.4) is 0 Å². The lowest BCUT2D eigenvalue weighted by Gasteiger charge is -2.46. The minimum atomic E-state index is -6.13. The SMILES string of the molecule is FC(F)(F)c1cc([B-](c2cc(C(F)(F)F)cc(C(F)(F)F)c2)(c2cc(C(F)(F)F)cc(C(F)(F)F)c2)c2cc(C(F)(F)F)cc(C(F)(F)F)c2)cc(C(F)(F)F)c1.O=C(C[P+](c1ccccc1)(c1ccccc1)c1ccccc1)c1cccc([N+](=O)[O-])c1. The summed E-state index contributed by atoms with van der Waals surface area (Å²) in [5, 5.41) is 14.5. The fourth-order valence-electron chi connectivity index (χ4n) is 9.94. The number of ketones is 1. The number of non-ortho nitro benzene ring substituents is 1. The van der Waals surface area contributed by atoms with Crippen molar-refractivity contribution in [2.24, 2.45) is 0 Å². The Hall–Kier alpha value is -8.36. The van der Waals surface area contributed by atoms with Gasteiger partial charge in [-0.25, -0.2) is 0 Å². The van der Waals surface area contributed by atoms with E-state index < -0.39 is 207 Å². The second kappa shape index (κ2) is 24.0. The Morgan fingerprint density at radius 2 is 0.557 bits per heavy atom. The monoisotopic (exact) mass is 1290 g/mol. The zero-order valence-electron chi connectivity index (χ0n) is 43.4. The number of Topliss-reactive ketones (excluding diaryl/α,β-unsaturated/α-hetero) is 1. The molecule has 0 bridgehead atoms. The van der Waals surface area contributed by atoms with Gasteiger partial charge in [-0.2, -0.15) is 127 Å². The highest BCUT2D eigenvalue weighted by molar-refractivity contribution is 7.96. The molecule has 0 N–H and O–H groups in total. The van der Waals surface area contributed by atoms with Crippen molar-refractivity contribution in [2.75, 3.05) is 6.16 Å². The van der Waals surface area contributed by atoms with Crippen LogP contribution in [0.1, 0.15) is 54.9 Å². The number of nitro groups is 1. The maximum atomic E-state index is 14.2. The number of rotatable bonds is 11. The number of hydrogen-bond acceptors (Lipinski definition) is 3. The molecular weight excluding hydrogens is 1260 g/mol. The van der Waals surface area contributed by atoms with Crippen molar-refractivity contribution in [3.05, 3.63) is 248 Å². The van der Waals surface area contributed by atoms with Gasteiger partial charge in [0.05, 0.1) is 49.4 Å². The third kappa shape index (κ3) is 14.6. The first kappa shape index (κ1) is 67.2. The molecule has 8 aromatic carbocycles. The average molecular weight is 1290 g/mol. The summed E-state index contributed by atoms with van der Waals surface area (Å²) in [6.45, 7) is 0. The molecule has 0 fully saturated rings. The number of benzene rings is 8. The first-order chi connectivity index (χ1) is 40.4. The van der Waals surface area contributed by atoms with Gasteiger partial charge < -0.3 is 0 Å². The molecule has 0 radical (unpaired) electrons. The van der Waals surface area contributed by atoms with E-state index in [1.165, 1.54) is 12.1 Å². The Bertz CT molecular complexity index is 3300. The van der Waals surface area contributed by atoms with Crippen LogP contribution in [0.4, 0.5) is 111 Å². The number of halogens is 24. The lowest BCUT2D eigenvalue weighted by molar-refractivity contribution is -0.384. The predicted octanol–water partition coefficient (Wildman–Crippen LogP) is 16.0. The molecule has 0 aliphatic heterocycles. The van der Waals surface area contributed by atoms with E-state index in [1.54, 1.807) is 12.1 Å². The van der Waals surface area contributed by atoms with E-state index >= 15 is 0 Å². The molecule has 88 heavy (non-hydrogen) atoms. The molecule has 8 rings (SSSR count). The molecule has 8 aromatic rings. The van der Waals surface area contributed by atoms with E-state index in [0.717, 1.165) is 15.9 Å². The molecule has 0 saturated heterocycles. The first-order valence-electron chi connectivity index (χ1n) is 24.6. The first-order valence-corrected chi connectivity index (χ1v) is 26.5. The van der Waals surface area contributed by atoms with Crippen LogP contribution < -0.4 is 37.8 Å². The lowest BCUT2D eigenvalue weighted by atomic mass is 9.12. The number of nitro benzene ring substituents is 1. The topological polar surface area (TPSA) is 60.2 Å². The molecule has 0 aliphatic carbocycles. The van der Waals surface area contributed by atoms with Gasteiger partial charge in [0.1, 0.15) is 35.5 Å². The van der Waals surface area contributed by atoms with E-state index in [4.69, 9.17) is 0 Å². The lowest BCUT2D eigenvalue weighted by Crippen LogP contribution is -2.75. The summed E-state index contributed by atoms with van der Waals surface area (Å²) < 4.78 is 341. The molecule has 0 amide bonds. The van der Waals surface area contributed by atoms with Gasteiger partial charge in [0.15, 0.2) is 0 Å². The largest absolute Gasteiger partial charge is 0.416 e. The van der Waals surface area contributed by atoms with Crippen molar-refractivity contribution in [3.63, 3.8) is 0 Å². The van der Waals surface area contributed by atoms with Crippen LogP contribution in [0.15, 0.2) is 188 Å². The van der Waals surface area contributed by atoms with Gasteiger partial charge in [-0.1, -0.05) is 115 Å². The smallest absolute Gasteiger partial charge is 0.290 e. The molecule has 0 atom stereocenters. The van der Waals surface area contributed by atoms with Gasteiger partial charge in [0, 0.05) is 17.7 Å². The van der Waals surface area contributed by atoms with E-state index in [2.05, 4.69) is 36.4 Å². The quantitative estimate of drug-likeness (QED) is 0.0324. The maximum absolute atomic E-state index is 14.2. The second-order valence-corrected chi connectivity index (χ2v) is 22.9. The molecule has 0 heterocycles. The highest BCUT2D eigenvalue weighted by Gasteiger charge is 2.49. The Morgan fingerprint density at radius 1 is 0.330 bits per heavy atom. The maximum Gasteiger partial charge on any atom is 0.416 e. The third-order valence-electron chi connectivity index (χ3n) is 13.8. The van der Waals surface area contributed by atoms with Crippen LogP contribution in [0.5, 0.6) is 0 Å². The summed E-state index contributed by atoms with van der Waals surface area (Å²) in [7, 11) is -2.33. The fourth-order valence-corrected chi connectivity index (χ4v) is 14.0. The van der Waals surface area contributed by atoms with E-state index in [-0.39, 0.29) is 17.6 Å². The molecular formula is C58H33BF24NO3P. The molecule has 0 spiro atoms. The number of hydrogen-bond donors (Lipinski definition) is 0. The van der Waals surface area contributed by atoms with Gasteiger partial charge in [-0.05, 0) is 60.7 Å². The molecule has 0 aliphatic rings. The Morgan fingerprint density at radius 3 is 0.761 bits per heavy atom. The van der Waals surface area contributed by atoms with Gasteiger partial charge in [0.2, 0.25) is 5.78 Å². The van der Waals surface area contributed by atoms with Gasteiger partial charge >= 0.3 is 49.4 Å². The van der Waals surface area contributed by atoms with E-state index in [1.807, 2.05) is 54.6 Å². The van der Waals surface area contributed by atoms with Crippen molar-refractivity contribution in [3.8, 4) is 0 Å². The standard InChI is InChI=1S/C32H12BF24.C26H21NO3P/c34-25(35,36)13-1-14(26(37,38)39)6-21(5-13)33(22-7-15(27(40,41)42)2-16(8-22)28(43,44)45,23-9-17(29(46,47)48)3-18(10-23)30(49,50)51)24-11-19(31(52,53)54)4-20(12-24)32(55,56)57;28-26(21-11-10-12-22(19-21)27(29)30)20-31(23-13-4-1-5-14-23,24-15-6-2-7-16-24)25-17-8-3-9-18-25/h1-12H;1-19H,20H2/q-1;+1. The minimum Gasteiger partial charge on any atom is -0.290 e. The van der Waals surface area contributed by atoms with Crippen molar-refractivity contribution in [1.82, 2.24) is 0 Å². The Kier molecular flexibility index (Phi) is 18.3. The molecule has 464 valence electrons. The van der Waals surface area contributed by atoms with Gasteiger partial charge in [-0.15, -0.1) is 0 Å². The van der Waals surface area contributed by atoms with Crippen LogP contribution >= 0.6 is 7.26 Å². The summed E-state index contributed by atoms with van der Waals surface area (Å²) in [5.74, 6) is -0.103. The Balaban J connectivity index is 0.000000298. The predicted molar refractivity (Wildman–Crippen MR) is 278 cm³/mol. The van der Waals surface area contributed by atoms with Gasteiger partial charge in [0.25, 0.3) is 5.69 Å². The van der Waals surface area contributed by atoms with E-state index in [0.29, 0.717) is 5.56 Å². The van der Waals surface area contributed by atoms with Crippen LogP contribution in [-0.2, 0) is 49.4 Å². The summed E-state index contributed by atoms with van der Waals surface area (Å²) in [4.78, 5) is 24.3. The highest BCUT2D eigenvalue weighted by atomic mass is 31.2. The van der Waals surface area contributed by atoms with Gasteiger partial charge in [-0.3, -0.25) is 14.9 Å². The average Bonchev–Trinajstić information content (AvgIpc) is 0.745. The van der Waals surface area contributed by atoms with E-state index in [9.17, 15) is 120 Å². The molecule has 0 aromatic heterocycles. The summed E-state index contributed by atoms with van der Waals surface area (Å²) in [6, 6.07) is 27.5. The van der Waals surface area contributed by atoms with Crippen LogP contribution in [0.2, 0.25) is 0 Å². The third-order valence-corrected chi connectivity index (χ3v) is 18.1. The van der Waals surface area contributed by atoms with Crippen molar-refractivity contribution in [1.29, 1.82) is 0 Å². The number of alkyl halides is 24. The molecule has 0 unspecified atom stereocenters. The molecule has 0 saturated carbocycles. The molecule has 30 heteroatoms. The fraction of sp³-hybridized carbons (Fsp3) is 0.155. The Labute approximate surface area is 480 Å². The van der Waals surface area contributed by atoms with Crippen LogP contribution in [0, 0.1) is 10.1 Å². The zero-order chi connectivity index (χ0) is 65.6. The normalized spacial score (nSPS) is 13.2. The van der Waals surface area contributed by atoms with Crippen LogP contribution in [-0.4, -0.2) is 23.0 Å². The van der Waals surface area contributed by atoms with Crippen LogP contribution in [0.25, 0.3) is 0 Å². The van der Waals surface area contributed by atoms with Crippen molar-refractivity contribution in [2.45, 2.75) is 49.4 Å². The zero-order valence-corrected chi connectivity index (χ0v) is 44.3.